The van der Waals surface area contributed by atoms with E-state index in [-0.39, 0.29) is 18.2 Å². The molecular weight excluding hydrogens is 360 g/mol. The van der Waals surface area contributed by atoms with Crippen LogP contribution in [-0.2, 0) is 11.3 Å². The van der Waals surface area contributed by atoms with Gasteiger partial charge in [0.15, 0.2) is 5.69 Å². The van der Waals surface area contributed by atoms with Crippen LogP contribution in [0.5, 0.6) is 5.75 Å². The summed E-state index contributed by atoms with van der Waals surface area (Å²) < 4.78 is 16.9. The molecular formula is C21H26N2O5. The lowest BCUT2D eigenvalue weighted by Crippen LogP contribution is -2.63. The number of nitrogens with zero attached hydrogens (tertiary/aromatic N) is 2. The van der Waals surface area contributed by atoms with Crippen LogP contribution in [0.2, 0.25) is 0 Å². The fourth-order valence-corrected chi connectivity index (χ4v) is 3.88. The van der Waals surface area contributed by atoms with Crippen molar-refractivity contribution in [2.75, 3.05) is 19.7 Å². The van der Waals surface area contributed by atoms with Gasteiger partial charge in [-0.1, -0.05) is 29.8 Å². The number of hydrogen-bond donors (Lipinski definition) is 1. The first kappa shape index (κ1) is 19.0. The van der Waals surface area contributed by atoms with Gasteiger partial charge in [-0.15, -0.1) is 0 Å². The van der Waals surface area contributed by atoms with Gasteiger partial charge in [0, 0.05) is 6.42 Å². The number of rotatable bonds is 5. The van der Waals surface area contributed by atoms with Gasteiger partial charge in [-0.25, -0.2) is 0 Å². The number of aliphatic hydroxyl groups is 1. The first-order chi connectivity index (χ1) is 13.3. The minimum absolute atomic E-state index is 0.194. The highest BCUT2D eigenvalue weighted by Gasteiger charge is 2.56. The van der Waals surface area contributed by atoms with Crippen molar-refractivity contribution >= 4 is 5.91 Å². The van der Waals surface area contributed by atoms with Crippen molar-refractivity contribution in [2.24, 2.45) is 0 Å². The van der Waals surface area contributed by atoms with E-state index in [9.17, 15) is 9.90 Å². The van der Waals surface area contributed by atoms with Gasteiger partial charge in [0.1, 0.15) is 23.7 Å². The molecule has 1 N–H and O–H groups in total. The molecule has 0 bridgehead atoms. The maximum absolute atomic E-state index is 12.9. The second kappa shape index (κ2) is 6.90. The van der Waals surface area contributed by atoms with E-state index >= 15 is 0 Å². The van der Waals surface area contributed by atoms with Crippen LogP contribution < -0.4 is 4.74 Å². The molecule has 1 atom stereocenters. The molecule has 0 saturated carbocycles. The molecule has 0 radical (unpaired) electrons. The number of hydrogen-bond acceptors (Lipinski definition) is 6. The summed E-state index contributed by atoms with van der Waals surface area (Å²) in [5.41, 5.74) is 0.872. The number of likely N-dealkylation sites (tertiary alicyclic amines) is 1. The molecule has 2 fully saturated rings. The summed E-state index contributed by atoms with van der Waals surface area (Å²) in [6.45, 7) is 7.18. The third kappa shape index (κ3) is 3.40. The fourth-order valence-electron chi connectivity index (χ4n) is 3.88. The number of benzene rings is 1. The predicted octanol–water partition coefficient (Wildman–Crippen LogP) is 2.63. The zero-order valence-electron chi connectivity index (χ0n) is 16.5. The van der Waals surface area contributed by atoms with Crippen LogP contribution in [0.15, 0.2) is 28.8 Å². The highest BCUT2D eigenvalue weighted by atomic mass is 16.5. The van der Waals surface area contributed by atoms with Crippen molar-refractivity contribution in [3.05, 3.63) is 46.8 Å². The molecule has 1 spiro atoms. The van der Waals surface area contributed by atoms with E-state index < -0.39 is 11.2 Å². The summed E-state index contributed by atoms with van der Waals surface area (Å²) in [7, 11) is 0. The Bertz CT molecular complexity index is 869. The Hall–Kier alpha value is -2.38. The number of aryl methyl sites for hydroxylation is 2. The maximum atomic E-state index is 12.9. The Morgan fingerprint density at radius 3 is 2.64 bits per heavy atom. The van der Waals surface area contributed by atoms with E-state index in [2.05, 4.69) is 5.16 Å². The van der Waals surface area contributed by atoms with Gasteiger partial charge in [0.05, 0.1) is 30.9 Å². The number of aromatic nitrogens is 1. The van der Waals surface area contributed by atoms with Crippen molar-refractivity contribution in [3.8, 4) is 5.75 Å². The summed E-state index contributed by atoms with van der Waals surface area (Å²) in [5.74, 6) is 1.11. The first-order valence-corrected chi connectivity index (χ1v) is 9.63. The van der Waals surface area contributed by atoms with Gasteiger partial charge in [-0.3, -0.25) is 4.79 Å². The zero-order chi connectivity index (χ0) is 19.9. The molecule has 1 amide bonds. The fraction of sp³-hybridized carbons (Fsp3) is 0.524. The van der Waals surface area contributed by atoms with Crippen LogP contribution >= 0.6 is 0 Å². The Balaban J connectivity index is 1.41. The van der Waals surface area contributed by atoms with Crippen LogP contribution in [0.25, 0.3) is 0 Å². The van der Waals surface area contributed by atoms with E-state index in [0.29, 0.717) is 43.9 Å². The van der Waals surface area contributed by atoms with Crippen LogP contribution in [-0.4, -0.2) is 52.0 Å². The molecule has 7 heteroatoms. The van der Waals surface area contributed by atoms with Gasteiger partial charge in [-0.2, -0.15) is 0 Å². The average Bonchev–Trinajstić information content (AvgIpc) is 3.21. The minimum Gasteiger partial charge on any atom is -0.489 e. The quantitative estimate of drug-likeness (QED) is 0.850. The second-order valence-corrected chi connectivity index (χ2v) is 8.06. The van der Waals surface area contributed by atoms with Gasteiger partial charge < -0.3 is 24.0 Å². The molecule has 4 rings (SSSR count). The normalized spacial score (nSPS) is 23.1. The van der Waals surface area contributed by atoms with E-state index in [1.807, 2.05) is 38.1 Å². The summed E-state index contributed by atoms with van der Waals surface area (Å²) in [6.07, 6.45) is 1.20. The monoisotopic (exact) mass is 386 g/mol. The van der Waals surface area contributed by atoms with Gasteiger partial charge in [0.2, 0.25) is 0 Å². The molecule has 1 aromatic heterocycles. The van der Waals surface area contributed by atoms with Crippen LogP contribution in [0.1, 0.15) is 47.1 Å². The lowest BCUT2D eigenvalue weighted by Gasteiger charge is -2.47. The third-order valence-corrected chi connectivity index (χ3v) is 5.79. The van der Waals surface area contributed by atoms with Gasteiger partial charge >= 0.3 is 0 Å². The van der Waals surface area contributed by atoms with E-state index in [0.717, 1.165) is 11.3 Å². The SMILES string of the molecule is CCC1(O)COC2(CN(C(=O)c3noc(C)c3COc3ccc(C)cc3)C2)C1. The van der Waals surface area contributed by atoms with E-state index in [4.69, 9.17) is 14.0 Å². The number of carbonyl (C=O) groups is 1. The number of ether oxygens (including phenoxy) is 2. The van der Waals surface area contributed by atoms with Crippen LogP contribution in [0.3, 0.4) is 0 Å². The van der Waals surface area contributed by atoms with Crippen molar-refractivity contribution in [1.82, 2.24) is 10.1 Å². The van der Waals surface area contributed by atoms with Gasteiger partial charge in [0.25, 0.3) is 5.91 Å². The molecule has 2 aliphatic rings. The molecule has 1 unspecified atom stereocenters. The molecule has 3 heterocycles. The first-order valence-electron chi connectivity index (χ1n) is 9.63. The Morgan fingerprint density at radius 2 is 2.00 bits per heavy atom. The maximum Gasteiger partial charge on any atom is 0.276 e. The summed E-state index contributed by atoms with van der Waals surface area (Å²) in [5, 5.41) is 14.4. The van der Waals surface area contributed by atoms with Crippen molar-refractivity contribution < 1.29 is 23.9 Å². The smallest absolute Gasteiger partial charge is 0.276 e. The van der Waals surface area contributed by atoms with Crippen LogP contribution in [0.4, 0.5) is 0 Å². The van der Waals surface area contributed by atoms with Crippen molar-refractivity contribution in [3.63, 3.8) is 0 Å². The zero-order valence-corrected chi connectivity index (χ0v) is 16.5. The minimum atomic E-state index is -0.785. The Labute approximate surface area is 164 Å². The largest absolute Gasteiger partial charge is 0.489 e. The standard InChI is InChI=1S/C21H26N2O5/c1-4-20(25)10-21(27-13-20)11-23(12-21)19(24)18-17(15(3)28-22-18)9-26-16-7-5-14(2)6-8-16/h5-8,25H,4,9-13H2,1-3H3. The van der Waals surface area contributed by atoms with E-state index in [1.165, 1.54) is 0 Å². The number of amides is 1. The molecule has 150 valence electrons. The molecule has 7 nitrogen and oxygen atoms in total. The Morgan fingerprint density at radius 1 is 1.29 bits per heavy atom. The molecule has 2 saturated heterocycles. The summed E-state index contributed by atoms with van der Waals surface area (Å²) in [4.78, 5) is 14.6. The summed E-state index contributed by atoms with van der Waals surface area (Å²) >= 11 is 0. The third-order valence-electron chi connectivity index (χ3n) is 5.79. The number of carbonyl (C=O) groups excluding carboxylic acids is 1. The average molecular weight is 386 g/mol. The highest BCUT2D eigenvalue weighted by molar-refractivity contribution is 5.94. The molecule has 2 aromatic rings. The predicted molar refractivity (Wildman–Crippen MR) is 101 cm³/mol. The van der Waals surface area contributed by atoms with Crippen LogP contribution in [0, 0.1) is 13.8 Å². The summed E-state index contributed by atoms with van der Waals surface area (Å²) in [6, 6.07) is 7.73. The second-order valence-electron chi connectivity index (χ2n) is 8.06. The lowest BCUT2D eigenvalue weighted by molar-refractivity contribution is -0.0958. The lowest BCUT2D eigenvalue weighted by atomic mass is 9.83. The Kier molecular flexibility index (Phi) is 4.67. The highest BCUT2D eigenvalue weighted by Crippen LogP contribution is 2.41. The molecule has 0 aliphatic carbocycles. The molecule has 1 aromatic carbocycles. The van der Waals surface area contributed by atoms with Gasteiger partial charge in [-0.05, 0) is 32.4 Å². The molecule has 2 aliphatic heterocycles. The van der Waals surface area contributed by atoms with Crippen molar-refractivity contribution in [1.29, 1.82) is 0 Å². The van der Waals surface area contributed by atoms with Crippen molar-refractivity contribution in [2.45, 2.75) is 51.4 Å². The van der Waals surface area contributed by atoms with E-state index in [1.54, 1.807) is 11.8 Å². The topological polar surface area (TPSA) is 85.0 Å². The molecule has 28 heavy (non-hydrogen) atoms.